The Hall–Kier alpha value is -0.860. The van der Waals surface area contributed by atoms with Crippen LogP contribution in [0.3, 0.4) is 0 Å². The van der Waals surface area contributed by atoms with Crippen LogP contribution in [0.2, 0.25) is 0 Å². The monoisotopic (exact) mass is 126 g/mol. The molecule has 48 valence electrons. The van der Waals surface area contributed by atoms with Crippen LogP contribution in [0.25, 0.3) is 0 Å². The molecule has 0 N–H and O–H groups in total. The Morgan fingerprint density at radius 2 is 2.56 bits per heavy atom. The molecule has 0 amide bonds. The molecule has 0 saturated heterocycles. The Bertz CT molecular complexity index is 164. The standard InChI is InChI=1S/C6H7FN2/c1-2-9-5-6(3-7)4-8-9/h2-3H2,1H3. The molecule has 0 saturated carbocycles. The first-order valence-corrected chi connectivity index (χ1v) is 2.79. The lowest BCUT2D eigenvalue weighted by Gasteiger charge is -1.87. The van der Waals surface area contributed by atoms with Gasteiger partial charge in [-0.05, 0) is 6.92 Å². The molecule has 0 aliphatic heterocycles. The van der Waals surface area contributed by atoms with E-state index in [2.05, 4.69) is 17.5 Å². The first-order chi connectivity index (χ1) is 4.36. The van der Waals surface area contributed by atoms with Crippen LogP contribution in [0.4, 0.5) is 4.39 Å². The maximum Gasteiger partial charge on any atom is 0.120 e. The topological polar surface area (TPSA) is 17.8 Å². The normalized spacial score (nSPS) is 10.0. The SMILES string of the molecule is CCn1[c]c(CF)[c]n1. The van der Waals surface area contributed by atoms with Gasteiger partial charge in [0.25, 0.3) is 0 Å². The quantitative estimate of drug-likeness (QED) is 0.577. The van der Waals surface area contributed by atoms with Gasteiger partial charge in [-0.1, -0.05) is 0 Å². The number of nitrogens with zero attached hydrogens (tertiary/aromatic N) is 2. The van der Waals surface area contributed by atoms with E-state index < -0.39 is 6.67 Å². The van der Waals surface area contributed by atoms with Gasteiger partial charge in [0.15, 0.2) is 0 Å². The fourth-order valence-electron chi connectivity index (χ4n) is 0.536. The summed E-state index contributed by atoms with van der Waals surface area (Å²) in [5, 5.41) is 3.70. The van der Waals surface area contributed by atoms with Gasteiger partial charge in [-0.25, -0.2) is 4.39 Å². The minimum atomic E-state index is -0.528. The zero-order chi connectivity index (χ0) is 6.69. The van der Waals surface area contributed by atoms with Crippen LogP contribution in [-0.4, -0.2) is 9.78 Å². The number of rotatable bonds is 2. The molecule has 0 aromatic carbocycles. The highest BCUT2D eigenvalue weighted by atomic mass is 19.1. The van der Waals surface area contributed by atoms with Gasteiger partial charge in [0.2, 0.25) is 0 Å². The van der Waals surface area contributed by atoms with E-state index in [1.54, 1.807) is 0 Å². The zero-order valence-corrected chi connectivity index (χ0v) is 5.19. The van der Waals surface area contributed by atoms with Gasteiger partial charge in [-0.2, -0.15) is 5.10 Å². The van der Waals surface area contributed by atoms with Crippen molar-refractivity contribution >= 4 is 0 Å². The highest BCUT2D eigenvalue weighted by molar-refractivity contribution is 4.97. The Morgan fingerprint density at radius 3 is 2.89 bits per heavy atom. The summed E-state index contributed by atoms with van der Waals surface area (Å²) in [4.78, 5) is 0. The first-order valence-electron chi connectivity index (χ1n) is 2.79. The molecule has 0 atom stereocenters. The van der Waals surface area contributed by atoms with Crippen LogP contribution >= 0.6 is 0 Å². The largest absolute Gasteiger partial charge is 0.263 e. The molecule has 0 aliphatic carbocycles. The van der Waals surface area contributed by atoms with Crippen molar-refractivity contribution in [2.24, 2.45) is 0 Å². The van der Waals surface area contributed by atoms with Gasteiger partial charge in [0, 0.05) is 12.1 Å². The summed E-state index contributed by atoms with van der Waals surface area (Å²) < 4.78 is 13.3. The van der Waals surface area contributed by atoms with Crippen LogP contribution in [0.1, 0.15) is 12.5 Å². The predicted octanol–water partition coefficient (Wildman–Crippen LogP) is 0.973. The zero-order valence-electron chi connectivity index (χ0n) is 5.19. The highest BCUT2D eigenvalue weighted by Crippen LogP contribution is 1.96. The van der Waals surface area contributed by atoms with Gasteiger partial charge < -0.3 is 0 Å². The number of hydrogen-bond donors (Lipinski definition) is 0. The third-order valence-corrected chi connectivity index (χ3v) is 1.00. The summed E-state index contributed by atoms with van der Waals surface area (Å²) >= 11 is 0. The van der Waals surface area contributed by atoms with Crippen molar-refractivity contribution in [1.29, 1.82) is 0 Å². The lowest BCUT2D eigenvalue weighted by atomic mass is 10.4. The van der Waals surface area contributed by atoms with E-state index >= 15 is 0 Å². The van der Waals surface area contributed by atoms with E-state index in [9.17, 15) is 4.39 Å². The molecule has 0 unspecified atom stereocenters. The molecule has 0 aliphatic rings. The van der Waals surface area contributed by atoms with E-state index in [-0.39, 0.29) is 0 Å². The fourth-order valence-corrected chi connectivity index (χ4v) is 0.536. The molecule has 1 aromatic rings. The van der Waals surface area contributed by atoms with Crippen molar-refractivity contribution in [3.05, 3.63) is 18.0 Å². The second-order valence-corrected chi connectivity index (χ2v) is 1.65. The van der Waals surface area contributed by atoms with Crippen LogP contribution < -0.4 is 0 Å². The third kappa shape index (κ3) is 1.28. The van der Waals surface area contributed by atoms with Crippen molar-refractivity contribution < 1.29 is 4.39 Å². The summed E-state index contributed by atoms with van der Waals surface area (Å²) in [5.74, 6) is 0. The second kappa shape index (κ2) is 2.62. The predicted molar refractivity (Wildman–Crippen MR) is 30.4 cm³/mol. The van der Waals surface area contributed by atoms with E-state index in [0.717, 1.165) is 6.54 Å². The first kappa shape index (κ1) is 6.26. The van der Waals surface area contributed by atoms with Gasteiger partial charge in [-0.15, -0.1) is 0 Å². The van der Waals surface area contributed by atoms with Crippen molar-refractivity contribution in [3.8, 4) is 0 Å². The highest BCUT2D eigenvalue weighted by Gasteiger charge is 1.95. The number of alkyl halides is 1. The maximum atomic E-state index is 11.8. The molecule has 1 aromatic heterocycles. The fraction of sp³-hybridized carbons (Fsp3) is 0.500. The van der Waals surface area contributed by atoms with Gasteiger partial charge >= 0.3 is 0 Å². The molecule has 0 spiro atoms. The van der Waals surface area contributed by atoms with Gasteiger partial charge in [0.05, 0.1) is 6.20 Å². The average molecular weight is 126 g/mol. The minimum Gasteiger partial charge on any atom is -0.263 e. The molecule has 2 nitrogen and oxygen atoms in total. The lowest BCUT2D eigenvalue weighted by Crippen LogP contribution is -1.92. The number of aromatic nitrogens is 2. The summed E-state index contributed by atoms with van der Waals surface area (Å²) in [5.41, 5.74) is 0.400. The van der Waals surface area contributed by atoms with Crippen molar-refractivity contribution in [1.82, 2.24) is 9.78 Å². The number of halogens is 1. The Labute approximate surface area is 53.3 Å². The van der Waals surface area contributed by atoms with Crippen LogP contribution in [-0.2, 0) is 13.2 Å². The van der Waals surface area contributed by atoms with Gasteiger partial charge in [0.1, 0.15) is 12.9 Å². The molecule has 2 radical (unpaired) electrons. The molecular formula is C6H7FN2. The molecule has 3 heteroatoms. The number of hydrogen-bond acceptors (Lipinski definition) is 1. The summed E-state index contributed by atoms with van der Waals surface area (Å²) in [7, 11) is 0. The molecule has 0 fully saturated rings. The summed E-state index contributed by atoms with van der Waals surface area (Å²) in [6.07, 6.45) is 5.18. The Morgan fingerprint density at radius 1 is 1.78 bits per heavy atom. The molecular weight excluding hydrogens is 119 g/mol. The van der Waals surface area contributed by atoms with E-state index in [4.69, 9.17) is 0 Å². The summed E-state index contributed by atoms with van der Waals surface area (Å²) in [6.45, 7) is 2.11. The van der Waals surface area contributed by atoms with E-state index in [0.29, 0.717) is 5.56 Å². The Balaban J connectivity index is 2.74. The van der Waals surface area contributed by atoms with E-state index in [1.807, 2.05) is 6.92 Å². The molecule has 1 rings (SSSR count). The minimum absolute atomic E-state index is 0.400. The molecule has 9 heavy (non-hydrogen) atoms. The average Bonchev–Trinajstić information content (AvgIpc) is 2.34. The van der Waals surface area contributed by atoms with Crippen molar-refractivity contribution in [3.63, 3.8) is 0 Å². The lowest BCUT2D eigenvalue weighted by molar-refractivity contribution is 0.483. The van der Waals surface area contributed by atoms with Crippen LogP contribution in [0.15, 0.2) is 0 Å². The smallest absolute Gasteiger partial charge is 0.120 e. The van der Waals surface area contributed by atoms with Crippen molar-refractivity contribution in [2.45, 2.75) is 20.1 Å². The van der Waals surface area contributed by atoms with Crippen LogP contribution in [0.5, 0.6) is 0 Å². The van der Waals surface area contributed by atoms with Crippen molar-refractivity contribution in [2.75, 3.05) is 0 Å². The third-order valence-electron chi connectivity index (χ3n) is 1.00. The molecule has 0 bridgehead atoms. The van der Waals surface area contributed by atoms with Gasteiger partial charge in [-0.3, -0.25) is 4.68 Å². The molecule has 1 heterocycles. The second-order valence-electron chi connectivity index (χ2n) is 1.65. The Kier molecular flexibility index (Phi) is 1.82. The number of aryl methyl sites for hydroxylation is 1. The maximum absolute atomic E-state index is 11.8. The summed E-state index contributed by atoms with van der Waals surface area (Å²) in [6, 6.07) is 0. The van der Waals surface area contributed by atoms with Crippen LogP contribution in [0, 0.1) is 12.4 Å². The van der Waals surface area contributed by atoms with E-state index in [1.165, 1.54) is 4.68 Å².